The molecule has 0 atom stereocenters. The number of hydrogen-bond acceptors (Lipinski definition) is 6. The Morgan fingerprint density at radius 3 is 2.90 bits per heavy atom. The molecule has 6 nitrogen and oxygen atoms in total. The van der Waals surface area contributed by atoms with Crippen molar-refractivity contribution in [1.29, 1.82) is 0 Å². The van der Waals surface area contributed by atoms with Crippen LogP contribution < -0.4 is 10.9 Å². The van der Waals surface area contributed by atoms with Gasteiger partial charge in [-0.3, -0.25) is 14.2 Å². The van der Waals surface area contributed by atoms with Gasteiger partial charge in [0.1, 0.15) is 17.4 Å². The third-order valence-electron chi connectivity index (χ3n) is 3.93. The van der Waals surface area contributed by atoms with Crippen LogP contribution in [0.2, 0.25) is 5.02 Å². The Balaban J connectivity index is 1.55. The second-order valence-electron chi connectivity index (χ2n) is 5.93. The molecule has 0 unspecified atom stereocenters. The second-order valence-corrected chi connectivity index (χ2v) is 8.14. The predicted octanol–water partition coefficient (Wildman–Crippen LogP) is 4.53. The fourth-order valence-electron chi connectivity index (χ4n) is 2.58. The minimum Gasteiger partial charge on any atom is -0.323 e. The van der Waals surface area contributed by atoms with Crippen LogP contribution in [0.15, 0.2) is 58.4 Å². The van der Waals surface area contributed by atoms with Gasteiger partial charge in [-0.2, -0.15) is 0 Å². The predicted molar refractivity (Wildman–Crippen MR) is 113 cm³/mol. The number of thiazole rings is 1. The molecule has 29 heavy (non-hydrogen) atoms. The molecule has 0 radical (unpaired) electrons. The minimum atomic E-state index is -0.508. The van der Waals surface area contributed by atoms with E-state index in [1.165, 1.54) is 40.6 Å². The maximum atomic E-state index is 13.1. The van der Waals surface area contributed by atoms with Crippen molar-refractivity contribution >= 4 is 45.9 Å². The number of nitrogens with one attached hydrogen (secondary N) is 1. The highest BCUT2D eigenvalue weighted by molar-refractivity contribution is 7.15. The van der Waals surface area contributed by atoms with Gasteiger partial charge >= 0.3 is 0 Å². The lowest BCUT2D eigenvalue weighted by Gasteiger charge is -2.09. The lowest BCUT2D eigenvalue weighted by Crippen LogP contribution is -2.28. The summed E-state index contributed by atoms with van der Waals surface area (Å²) in [5.74, 6) is -0.996. The molecule has 1 amide bonds. The Labute approximate surface area is 177 Å². The van der Waals surface area contributed by atoms with Gasteiger partial charge in [-0.15, -0.1) is 22.7 Å². The molecule has 10 heteroatoms. The molecule has 3 heterocycles. The van der Waals surface area contributed by atoms with E-state index in [1.807, 2.05) is 22.9 Å². The van der Waals surface area contributed by atoms with Gasteiger partial charge in [-0.05, 0) is 29.6 Å². The molecular formula is C19H12ClFN4O2S2. The standard InChI is InChI=1S/C19H12ClFN4O2S2/c20-13-6-11(21)3-4-14(13)23-17(26)8-25-10-22-7-12(19(25)27)18-24-15(9-29-18)16-2-1-5-28-16/h1-7,9-10H,8H2,(H,23,26). The number of rotatable bonds is 5. The zero-order valence-corrected chi connectivity index (χ0v) is 17.0. The van der Waals surface area contributed by atoms with E-state index in [0.29, 0.717) is 10.6 Å². The third-order valence-corrected chi connectivity index (χ3v) is 6.01. The highest BCUT2D eigenvalue weighted by Crippen LogP contribution is 2.29. The molecule has 0 aliphatic heterocycles. The largest absolute Gasteiger partial charge is 0.323 e. The normalized spacial score (nSPS) is 10.8. The first-order chi connectivity index (χ1) is 14.0. The van der Waals surface area contributed by atoms with Crippen molar-refractivity contribution in [3.63, 3.8) is 0 Å². The van der Waals surface area contributed by atoms with E-state index in [9.17, 15) is 14.0 Å². The lowest BCUT2D eigenvalue weighted by molar-refractivity contribution is -0.116. The summed E-state index contributed by atoms with van der Waals surface area (Å²) in [6.45, 7) is -0.267. The van der Waals surface area contributed by atoms with Crippen molar-refractivity contribution in [3.05, 3.63) is 74.8 Å². The van der Waals surface area contributed by atoms with Crippen LogP contribution in [0.25, 0.3) is 21.1 Å². The van der Waals surface area contributed by atoms with Crippen LogP contribution in [0.5, 0.6) is 0 Å². The number of amides is 1. The van der Waals surface area contributed by atoms with E-state index in [-0.39, 0.29) is 22.8 Å². The van der Waals surface area contributed by atoms with Gasteiger partial charge in [0.15, 0.2) is 0 Å². The maximum absolute atomic E-state index is 13.1. The first kappa shape index (κ1) is 19.4. The molecule has 4 rings (SSSR count). The van der Waals surface area contributed by atoms with Crippen LogP contribution in [0.4, 0.5) is 10.1 Å². The van der Waals surface area contributed by atoms with Crippen LogP contribution in [0, 0.1) is 5.82 Å². The highest BCUT2D eigenvalue weighted by atomic mass is 35.5. The monoisotopic (exact) mass is 446 g/mol. The average Bonchev–Trinajstić information content (AvgIpc) is 3.37. The van der Waals surface area contributed by atoms with Crippen molar-refractivity contribution < 1.29 is 9.18 Å². The molecule has 3 aromatic heterocycles. The second kappa shape index (κ2) is 8.24. The van der Waals surface area contributed by atoms with Crippen molar-refractivity contribution in [3.8, 4) is 21.1 Å². The average molecular weight is 447 g/mol. The molecule has 0 aliphatic carbocycles. The summed E-state index contributed by atoms with van der Waals surface area (Å²) >= 11 is 8.81. The number of hydrogen-bond donors (Lipinski definition) is 1. The van der Waals surface area contributed by atoms with Crippen molar-refractivity contribution in [2.75, 3.05) is 5.32 Å². The Morgan fingerprint density at radius 2 is 2.14 bits per heavy atom. The number of aromatic nitrogens is 3. The van der Waals surface area contributed by atoms with Crippen LogP contribution in [-0.4, -0.2) is 20.4 Å². The van der Waals surface area contributed by atoms with Gasteiger partial charge in [-0.1, -0.05) is 17.7 Å². The molecule has 0 aliphatic rings. The Hall–Kier alpha value is -2.88. The number of halogens is 2. The van der Waals surface area contributed by atoms with Gasteiger partial charge < -0.3 is 5.32 Å². The van der Waals surface area contributed by atoms with Gasteiger partial charge in [0.25, 0.3) is 5.56 Å². The molecule has 0 bridgehead atoms. The van der Waals surface area contributed by atoms with E-state index in [2.05, 4.69) is 15.3 Å². The smallest absolute Gasteiger partial charge is 0.264 e. The highest BCUT2D eigenvalue weighted by Gasteiger charge is 2.15. The third kappa shape index (κ3) is 4.26. The van der Waals surface area contributed by atoms with Gasteiger partial charge in [0.2, 0.25) is 5.91 Å². The fraction of sp³-hybridized carbons (Fsp3) is 0.0526. The van der Waals surface area contributed by atoms with Gasteiger partial charge in [0, 0.05) is 11.6 Å². The number of benzene rings is 1. The fourth-order valence-corrected chi connectivity index (χ4v) is 4.38. The zero-order valence-electron chi connectivity index (χ0n) is 14.6. The number of nitrogens with zero attached hydrogens (tertiary/aromatic N) is 3. The van der Waals surface area contributed by atoms with Crippen LogP contribution in [0.1, 0.15) is 0 Å². The molecule has 1 aromatic carbocycles. The molecule has 1 N–H and O–H groups in total. The molecule has 0 saturated heterocycles. The number of carbonyl (C=O) groups is 1. The maximum Gasteiger partial charge on any atom is 0.264 e. The van der Waals surface area contributed by atoms with Crippen molar-refractivity contribution in [1.82, 2.24) is 14.5 Å². The summed E-state index contributed by atoms with van der Waals surface area (Å²) in [6, 6.07) is 7.52. The minimum absolute atomic E-state index is 0.0708. The summed E-state index contributed by atoms with van der Waals surface area (Å²) in [5, 5.41) is 6.99. The quantitative estimate of drug-likeness (QED) is 0.488. The molecule has 0 spiro atoms. The Bertz CT molecular complexity index is 1240. The van der Waals surface area contributed by atoms with Crippen LogP contribution in [-0.2, 0) is 11.3 Å². The first-order valence-corrected chi connectivity index (χ1v) is 10.4. The van der Waals surface area contributed by atoms with E-state index < -0.39 is 11.7 Å². The Kier molecular flexibility index (Phi) is 5.52. The van der Waals surface area contributed by atoms with Gasteiger partial charge in [0.05, 0.1) is 33.2 Å². The molecule has 4 aromatic rings. The lowest BCUT2D eigenvalue weighted by atomic mass is 10.3. The van der Waals surface area contributed by atoms with E-state index >= 15 is 0 Å². The summed E-state index contributed by atoms with van der Waals surface area (Å²) in [4.78, 5) is 34.7. The van der Waals surface area contributed by atoms with Crippen molar-refractivity contribution in [2.24, 2.45) is 0 Å². The van der Waals surface area contributed by atoms with Crippen LogP contribution in [0.3, 0.4) is 0 Å². The number of thiophene rings is 1. The summed E-state index contributed by atoms with van der Waals surface area (Å²) in [6.07, 6.45) is 2.72. The van der Waals surface area contributed by atoms with E-state index in [4.69, 9.17) is 11.6 Å². The number of carbonyl (C=O) groups excluding carboxylic acids is 1. The van der Waals surface area contributed by atoms with E-state index in [1.54, 1.807) is 11.3 Å². The molecule has 0 saturated carbocycles. The number of anilines is 1. The summed E-state index contributed by atoms with van der Waals surface area (Å²) < 4.78 is 14.3. The van der Waals surface area contributed by atoms with E-state index in [0.717, 1.165) is 16.6 Å². The summed E-state index contributed by atoms with van der Waals surface area (Å²) in [5.41, 5.74) is 0.981. The Morgan fingerprint density at radius 1 is 1.28 bits per heavy atom. The molecular weight excluding hydrogens is 435 g/mol. The zero-order chi connectivity index (χ0) is 20.4. The first-order valence-electron chi connectivity index (χ1n) is 8.30. The molecule has 0 fully saturated rings. The van der Waals surface area contributed by atoms with Crippen LogP contribution >= 0.6 is 34.3 Å². The topological polar surface area (TPSA) is 76.9 Å². The summed E-state index contributed by atoms with van der Waals surface area (Å²) in [7, 11) is 0. The molecule has 146 valence electrons. The SMILES string of the molecule is O=C(Cn1cncc(-c2nc(-c3cccs3)cs2)c1=O)Nc1ccc(F)cc1Cl. The van der Waals surface area contributed by atoms with Gasteiger partial charge in [-0.25, -0.2) is 14.4 Å². The van der Waals surface area contributed by atoms with Crippen molar-refractivity contribution in [2.45, 2.75) is 6.54 Å².